The number of halogens is 2. The molecule has 1 aromatic heterocycles. The fourth-order valence-corrected chi connectivity index (χ4v) is 0.908. The Bertz CT molecular complexity index is 346. The molecule has 0 aliphatic carbocycles. The summed E-state index contributed by atoms with van der Waals surface area (Å²) >= 11 is 0. The Morgan fingerprint density at radius 3 is 2.77 bits per heavy atom. The smallest absolute Gasteiger partial charge is 0.220 e. The van der Waals surface area contributed by atoms with Crippen LogP contribution >= 0.6 is 0 Å². The summed E-state index contributed by atoms with van der Waals surface area (Å²) in [5.41, 5.74) is 5.49. The van der Waals surface area contributed by atoms with Gasteiger partial charge in [-0.1, -0.05) is 0 Å². The van der Waals surface area contributed by atoms with Gasteiger partial charge in [0.15, 0.2) is 0 Å². The van der Waals surface area contributed by atoms with Crippen molar-refractivity contribution in [2.75, 3.05) is 0 Å². The molecule has 0 aliphatic heterocycles. The van der Waals surface area contributed by atoms with Crippen LogP contribution in [0.5, 0.6) is 0 Å². The van der Waals surface area contributed by atoms with E-state index in [0.29, 0.717) is 0 Å². The molecule has 0 aromatic carbocycles. The van der Waals surface area contributed by atoms with E-state index < -0.39 is 17.9 Å². The van der Waals surface area contributed by atoms with Crippen LogP contribution in [0.4, 0.5) is 8.78 Å². The Morgan fingerprint density at radius 1 is 1.54 bits per heavy atom. The minimum absolute atomic E-state index is 0.0236. The molecule has 68 valence electrons. The first-order chi connectivity index (χ1) is 6.15. The Morgan fingerprint density at radius 2 is 2.23 bits per heavy atom. The lowest BCUT2D eigenvalue weighted by atomic mass is 10.1. The largest absolute Gasteiger partial charge is 0.323 e. The predicted molar refractivity (Wildman–Crippen MR) is 41.3 cm³/mol. The van der Waals surface area contributed by atoms with E-state index >= 15 is 0 Å². The zero-order valence-electron chi connectivity index (χ0n) is 6.67. The van der Waals surface area contributed by atoms with Crippen LogP contribution in [0.1, 0.15) is 18.0 Å². The molecule has 0 amide bonds. The van der Waals surface area contributed by atoms with Crippen molar-refractivity contribution < 1.29 is 8.78 Å². The van der Waals surface area contributed by atoms with Gasteiger partial charge < -0.3 is 5.73 Å². The zero-order chi connectivity index (χ0) is 9.84. The molecule has 0 aliphatic rings. The van der Waals surface area contributed by atoms with Crippen LogP contribution in [0.3, 0.4) is 0 Å². The third-order valence-electron chi connectivity index (χ3n) is 1.55. The van der Waals surface area contributed by atoms with E-state index in [0.717, 1.165) is 6.07 Å². The van der Waals surface area contributed by atoms with Crippen molar-refractivity contribution in [2.45, 2.75) is 12.5 Å². The fourth-order valence-electron chi connectivity index (χ4n) is 0.908. The lowest BCUT2D eigenvalue weighted by molar-refractivity contribution is 0.493. The third kappa shape index (κ3) is 2.20. The number of rotatable bonds is 2. The Balaban J connectivity index is 2.96. The molecule has 0 unspecified atom stereocenters. The molecule has 1 aromatic rings. The van der Waals surface area contributed by atoms with Crippen molar-refractivity contribution in [1.29, 1.82) is 5.26 Å². The first-order valence-electron chi connectivity index (χ1n) is 3.59. The highest BCUT2D eigenvalue weighted by Crippen LogP contribution is 2.15. The Hall–Kier alpha value is -1.54. The number of aromatic nitrogens is 1. The molecule has 2 N–H and O–H groups in total. The highest BCUT2D eigenvalue weighted by atomic mass is 19.1. The van der Waals surface area contributed by atoms with Crippen molar-refractivity contribution in [2.24, 2.45) is 5.73 Å². The summed E-state index contributed by atoms with van der Waals surface area (Å²) in [4.78, 5) is 2.95. The summed E-state index contributed by atoms with van der Waals surface area (Å²) in [6.07, 6.45) is -0.0236. The molecule has 13 heavy (non-hydrogen) atoms. The number of hydrogen-bond acceptors (Lipinski definition) is 3. The average molecular weight is 183 g/mol. The average Bonchev–Trinajstić information content (AvgIpc) is 2.04. The van der Waals surface area contributed by atoms with Crippen LogP contribution in [0.2, 0.25) is 0 Å². The van der Waals surface area contributed by atoms with Crippen LogP contribution < -0.4 is 5.73 Å². The molecule has 1 atom stereocenters. The van der Waals surface area contributed by atoms with E-state index in [1.165, 1.54) is 6.07 Å². The van der Waals surface area contributed by atoms with Gasteiger partial charge >= 0.3 is 0 Å². The summed E-state index contributed by atoms with van der Waals surface area (Å²) < 4.78 is 25.2. The molecule has 0 radical (unpaired) electrons. The summed E-state index contributed by atoms with van der Waals surface area (Å²) in [5, 5.41) is 8.30. The molecular formula is C8H7F2N3. The van der Waals surface area contributed by atoms with Crippen molar-refractivity contribution in [1.82, 2.24) is 4.98 Å². The van der Waals surface area contributed by atoms with E-state index in [-0.39, 0.29) is 12.0 Å². The van der Waals surface area contributed by atoms with E-state index in [4.69, 9.17) is 11.0 Å². The molecule has 0 fully saturated rings. The van der Waals surface area contributed by atoms with Crippen LogP contribution in [-0.2, 0) is 0 Å². The summed E-state index contributed by atoms with van der Waals surface area (Å²) in [7, 11) is 0. The van der Waals surface area contributed by atoms with Crippen molar-refractivity contribution in [3.05, 3.63) is 29.6 Å². The van der Waals surface area contributed by atoms with Gasteiger partial charge in [0.2, 0.25) is 11.9 Å². The Kier molecular flexibility index (Phi) is 2.88. The summed E-state index contributed by atoms with van der Waals surface area (Å²) in [5.74, 6) is -1.85. The molecule has 3 nitrogen and oxygen atoms in total. The second-order valence-corrected chi connectivity index (χ2v) is 2.48. The quantitative estimate of drug-likeness (QED) is 0.702. The number of nitrogens with zero attached hydrogens (tertiary/aromatic N) is 2. The van der Waals surface area contributed by atoms with Gasteiger partial charge in [-0.05, 0) is 12.1 Å². The van der Waals surface area contributed by atoms with Crippen molar-refractivity contribution in [3.63, 3.8) is 0 Å². The molecule has 0 spiro atoms. The molecule has 0 saturated heterocycles. The van der Waals surface area contributed by atoms with Gasteiger partial charge in [0, 0.05) is 11.6 Å². The third-order valence-corrected chi connectivity index (χ3v) is 1.55. The molecule has 0 bridgehead atoms. The SMILES string of the molecule is N#CC[C@H](N)c1ccc(F)nc1F. The highest BCUT2D eigenvalue weighted by Gasteiger charge is 2.12. The monoisotopic (exact) mass is 183 g/mol. The minimum atomic E-state index is -0.956. The molecule has 0 saturated carbocycles. The normalized spacial score (nSPS) is 12.2. The van der Waals surface area contributed by atoms with Crippen LogP contribution in [-0.4, -0.2) is 4.98 Å². The molecule has 1 heterocycles. The van der Waals surface area contributed by atoms with E-state index in [9.17, 15) is 8.78 Å². The van der Waals surface area contributed by atoms with Gasteiger partial charge in [0.25, 0.3) is 0 Å². The van der Waals surface area contributed by atoms with Crippen molar-refractivity contribution in [3.8, 4) is 6.07 Å². The van der Waals surface area contributed by atoms with Gasteiger partial charge in [-0.25, -0.2) is 0 Å². The van der Waals surface area contributed by atoms with Gasteiger partial charge in [-0.3, -0.25) is 0 Å². The van der Waals surface area contributed by atoms with Crippen molar-refractivity contribution >= 4 is 0 Å². The first-order valence-corrected chi connectivity index (χ1v) is 3.59. The highest BCUT2D eigenvalue weighted by molar-refractivity contribution is 5.16. The zero-order valence-corrected chi connectivity index (χ0v) is 6.67. The molecular weight excluding hydrogens is 176 g/mol. The summed E-state index contributed by atoms with van der Waals surface area (Å²) in [6.45, 7) is 0. The van der Waals surface area contributed by atoms with E-state index in [1.54, 1.807) is 6.07 Å². The first kappa shape index (κ1) is 9.55. The second kappa shape index (κ2) is 3.92. The number of pyridine rings is 1. The van der Waals surface area contributed by atoms with Gasteiger partial charge in [0.05, 0.1) is 12.5 Å². The number of nitrogens with two attached hydrogens (primary N) is 1. The fraction of sp³-hybridized carbons (Fsp3) is 0.250. The van der Waals surface area contributed by atoms with Gasteiger partial charge in [-0.15, -0.1) is 0 Å². The molecule has 5 heteroatoms. The van der Waals surface area contributed by atoms with Crippen LogP contribution in [0.15, 0.2) is 12.1 Å². The lowest BCUT2D eigenvalue weighted by Gasteiger charge is -2.07. The maximum atomic E-state index is 12.9. The Labute approximate surface area is 73.8 Å². The predicted octanol–water partition coefficient (Wildman–Crippen LogP) is 1.27. The lowest BCUT2D eigenvalue weighted by Crippen LogP contribution is -2.12. The van der Waals surface area contributed by atoms with Crippen LogP contribution in [0.25, 0.3) is 0 Å². The summed E-state index contributed by atoms with van der Waals surface area (Å²) in [6, 6.07) is 3.25. The number of hydrogen-bond donors (Lipinski definition) is 1. The topological polar surface area (TPSA) is 62.7 Å². The minimum Gasteiger partial charge on any atom is -0.323 e. The number of nitriles is 1. The molecule has 1 rings (SSSR count). The van der Waals surface area contributed by atoms with E-state index in [2.05, 4.69) is 4.98 Å². The van der Waals surface area contributed by atoms with Crippen LogP contribution in [0, 0.1) is 23.2 Å². The maximum Gasteiger partial charge on any atom is 0.220 e. The standard InChI is InChI=1S/C8H7F2N3/c9-7-2-1-5(8(10)13-7)6(12)3-4-11/h1-2,6H,3,12H2/t6-/m0/s1. The second-order valence-electron chi connectivity index (χ2n) is 2.48. The van der Waals surface area contributed by atoms with Gasteiger partial charge in [-0.2, -0.15) is 19.0 Å². The maximum absolute atomic E-state index is 12.9. The van der Waals surface area contributed by atoms with Gasteiger partial charge in [0.1, 0.15) is 0 Å². The van der Waals surface area contributed by atoms with E-state index in [1.807, 2.05) is 0 Å².